The molecule has 3 nitrogen and oxygen atoms in total. The summed E-state index contributed by atoms with van der Waals surface area (Å²) in [7, 11) is 0. The minimum Gasteiger partial charge on any atom is -0.282 e. The van der Waals surface area contributed by atoms with Gasteiger partial charge in [0.2, 0.25) is 11.8 Å². The summed E-state index contributed by atoms with van der Waals surface area (Å²) in [5, 5.41) is 0. The van der Waals surface area contributed by atoms with E-state index in [1.807, 2.05) is 20.8 Å². The Labute approximate surface area is 98.5 Å². The van der Waals surface area contributed by atoms with Crippen molar-refractivity contribution < 1.29 is 9.59 Å². The molecular formula is C13H23NO2. The first-order valence-corrected chi connectivity index (χ1v) is 5.95. The summed E-state index contributed by atoms with van der Waals surface area (Å²) in [6.45, 7) is 11.6. The van der Waals surface area contributed by atoms with Gasteiger partial charge < -0.3 is 0 Å². The monoisotopic (exact) mass is 225 g/mol. The molecule has 1 fully saturated rings. The van der Waals surface area contributed by atoms with Crippen LogP contribution in [0.5, 0.6) is 0 Å². The molecule has 0 bridgehead atoms. The molecule has 1 aliphatic rings. The molecule has 1 aliphatic heterocycles. The number of piperidine rings is 1. The third-order valence-electron chi connectivity index (χ3n) is 2.85. The van der Waals surface area contributed by atoms with Crippen LogP contribution in [0, 0.1) is 5.41 Å². The van der Waals surface area contributed by atoms with E-state index in [4.69, 9.17) is 0 Å². The Hall–Kier alpha value is -1.12. The molecule has 0 N–H and O–H groups in total. The van der Waals surface area contributed by atoms with Gasteiger partial charge in [-0.15, -0.1) is 6.58 Å². The molecule has 16 heavy (non-hydrogen) atoms. The van der Waals surface area contributed by atoms with E-state index in [1.54, 1.807) is 6.08 Å². The van der Waals surface area contributed by atoms with E-state index >= 15 is 0 Å². The Balaban J connectivity index is 0.00000106. The first kappa shape index (κ1) is 14.9. The van der Waals surface area contributed by atoms with Crippen LogP contribution in [0.4, 0.5) is 0 Å². The predicted molar refractivity (Wildman–Crippen MR) is 65.9 cm³/mol. The molecule has 92 valence electrons. The van der Waals surface area contributed by atoms with Gasteiger partial charge in [-0.3, -0.25) is 14.5 Å². The summed E-state index contributed by atoms with van der Waals surface area (Å²) in [5.41, 5.74) is -0.411. The van der Waals surface area contributed by atoms with E-state index < -0.39 is 5.41 Å². The van der Waals surface area contributed by atoms with Gasteiger partial charge in [-0.2, -0.15) is 0 Å². The second kappa shape index (κ2) is 6.46. The Bertz CT molecular complexity index is 273. The molecule has 0 saturated carbocycles. The molecule has 1 atom stereocenters. The first-order valence-electron chi connectivity index (χ1n) is 5.95. The van der Waals surface area contributed by atoms with Crippen molar-refractivity contribution >= 4 is 11.8 Å². The van der Waals surface area contributed by atoms with E-state index in [0.29, 0.717) is 13.0 Å². The third kappa shape index (κ3) is 3.19. The van der Waals surface area contributed by atoms with Crippen molar-refractivity contribution in [3.63, 3.8) is 0 Å². The van der Waals surface area contributed by atoms with Crippen LogP contribution in [0.1, 0.15) is 47.0 Å². The number of amides is 2. The lowest BCUT2D eigenvalue weighted by atomic mass is 9.78. The lowest BCUT2D eigenvalue weighted by Crippen LogP contribution is -2.49. The Morgan fingerprint density at radius 2 is 2.12 bits per heavy atom. The molecule has 0 radical (unpaired) electrons. The van der Waals surface area contributed by atoms with Crippen molar-refractivity contribution in [2.45, 2.75) is 47.0 Å². The molecule has 0 aromatic rings. The maximum atomic E-state index is 11.9. The van der Waals surface area contributed by atoms with Gasteiger partial charge in [0.05, 0.1) is 5.41 Å². The highest BCUT2D eigenvalue weighted by atomic mass is 16.2. The molecule has 0 aromatic heterocycles. The average molecular weight is 225 g/mol. The number of imide groups is 1. The molecule has 0 unspecified atom stereocenters. The highest BCUT2D eigenvalue weighted by Crippen LogP contribution is 2.34. The van der Waals surface area contributed by atoms with Crippen LogP contribution in [-0.4, -0.2) is 23.3 Å². The molecule has 0 spiro atoms. The summed E-state index contributed by atoms with van der Waals surface area (Å²) in [4.78, 5) is 24.5. The van der Waals surface area contributed by atoms with Gasteiger partial charge in [0, 0.05) is 13.5 Å². The first-order chi connectivity index (χ1) is 7.51. The van der Waals surface area contributed by atoms with Crippen LogP contribution in [0.25, 0.3) is 0 Å². The van der Waals surface area contributed by atoms with Gasteiger partial charge in [-0.1, -0.05) is 26.8 Å². The highest BCUT2D eigenvalue weighted by molar-refractivity contribution is 5.97. The maximum absolute atomic E-state index is 11.9. The Kier molecular flexibility index (Phi) is 6.01. The normalized spacial score (nSPS) is 24.5. The predicted octanol–water partition coefficient (Wildman–Crippen LogP) is 2.76. The fraction of sp³-hybridized carbons (Fsp3) is 0.692. The maximum Gasteiger partial charge on any atom is 0.235 e. The minimum absolute atomic E-state index is 0.0452. The van der Waals surface area contributed by atoms with Crippen molar-refractivity contribution in [3.05, 3.63) is 12.7 Å². The number of allylic oxidation sites excluding steroid dienone is 1. The summed E-state index contributed by atoms with van der Waals surface area (Å²) in [6, 6.07) is 0. The number of hydrogen-bond donors (Lipinski definition) is 0. The number of hydrogen-bond acceptors (Lipinski definition) is 2. The topological polar surface area (TPSA) is 37.4 Å². The zero-order chi connectivity index (χ0) is 12.8. The van der Waals surface area contributed by atoms with Crippen molar-refractivity contribution in [2.75, 3.05) is 6.54 Å². The largest absolute Gasteiger partial charge is 0.282 e. The van der Waals surface area contributed by atoms with Crippen LogP contribution >= 0.6 is 0 Å². The molecule has 1 saturated heterocycles. The van der Waals surface area contributed by atoms with Gasteiger partial charge in [-0.05, 0) is 19.3 Å². The summed E-state index contributed by atoms with van der Waals surface area (Å²) < 4.78 is 0. The van der Waals surface area contributed by atoms with Crippen molar-refractivity contribution in [1.29, 1.82) is 0 Å². The fourth-order valence-electron chi connectivity index (χ4n) is 1.97. The van der Waals surface area contributed by atoms with Gasteiger partial charge in [0.1, 0.15) is 0 Å². The standard InChI is InChI=1S/C11H17NO2.C2H6/c1-4-6-11(3)7-5-8-12(9(2)13)10(11)14;1-2/h4H,1,5-8H2,2-3H3;1-2H3/t11-;/m1./s1. The van der Waals surface area contributed by atoms with E-state index in [2.05, 4.69) is 6.58 Å². The highest BCUT2D eigenvalue weighted by Gasteiger charge is 2.39. The van der Waals surface area contributed by atoms with Gasteiger partial charge in [0.15, 0.2) is 0 Å². The number of carbonyl (C=O) groups is 2. The van der Waals surface area contributed by atoms with Crippen LogP contribution in [0.3, 0.4) is 0 Å². The zero-order valence-corrected chi connectivity index (χ0v) is 10.9. The molecular weight excluding hydrogens is 202 g/mol. The lowest BCUT2D eigenvalue weighted by Gasteiger charge is -2.37. The van der Waals surface area contributed by atoms with E-state index in [0.717, 1.165) is 12.8 Å². The smallest absolute Gasteiger partial charge is 0.235 e. The molecule has 1 rings (SSSR count). The molecule has 0 aliphatic carbocycles. The third-order valence-corrected chi connectivity index (χ3v) is 2.85. The molecule has 3 heteroatoms. The van der Waals surface area contributed by atoms with Crippen LogP contribution in [0.15, 0.2) is 12.7 Å². The van der Waals surface area contributed by atoms with Crippen LogP contribution in [0.2, 0.25) is 0 Å². The van der Waals surface area contributed by atoms with E-state index in [9.17, 15) is 9.59 Å². The fourth-order valence-corrected chi connectivity index (χ4v) is 1.97. The minimum atomic E-state index is -0.411. The average Bonchev–Trinajstić information content (AvgIpc) is 2.25. The number of rotatable bonds is 2. The van der Waals surface area contributed by atoms with Crippen LogP contribution in [-0.2, 0) is 9.59 Å². The number of likely N-dealkylation sites (tertiary alicyclic amines) is 1. The van der Waals surface area contributed by atoms with Crippen LogP contribution < -0.4 is 0 Å². The van der Waals surface area contributed by atoms with E-state index in [-0.39, 0.29) is 11.8 Å². The van der Waals surface area contributed by atoms with E-state index in [1.165, 1.54) is 11.8 Å². The number of nitrogens with zero attached hydrogens (tertiary/aromatic N) is 1. The quantitative estimate of drug-likeness (QED) is 0.678. The summed E-state index contributed by atoms with van der Waals surface area (Å²) in [5.74, 6) is -0.193. The SMILES string of the molecule is C=CC[C@]1(C)CCCN(C(C)=O)C1=O.CC. The van der Waals surface area contributed by atoms with Gasteiger partial charge in [0.25, 0.3) is 0 Å². The van der Waals surface area contributed by atoms with Gasteiger partial charge >= 0.3 is 0 Å². The zero-order valence-electron chi connectivity index (χ0n) is 10.9. The Morgan fingerprint density at radius 1 is 1.56 bits per heavy atom. The summed E-state index contributed by atoms with van der Waals surface area (Å²) >= 11 is 0. The molecule has 1 heterocycles. The second-order valence-electron chi connectivity index (χ2n) is 4.13. The van der Waals surface area contributed by atoms with Crippen molar-refractivity contribution in [2.24, 2.45) is 5.41 Å². The molecule has 2 amide bonds. The Morgan fingerprint density at radius 3 is 2.56 bits per heavy atom. The lowest BCUT2D eigenvalue weighted by molar-refractivity contribution is -0.153. The van der Waals surface area contributed by atoms with Crippen molar-refractivity contribution in [3.8, 4) is 0 Å². The summed E-state index contributed by atoms with van der Waals surface area (Å²) in [6.07, 6.45) is 4.15. The van der Waals surface area contributed by atoms with Gasteiger partial charge in [-0.25, -0.2) is 0 Å². The van der Waals surface area contributed by atoms with Crippen molar-refractivity contribution in [1.82, 2.24) is 4.90 Å². The second-order valence-corrected chi connectivity index (χ2v) is 4.13. The number of carbonyl (C=O) groups excluding carboxylic acids is 2. The molecule has 0 aromatic carbocycles.